The number of ether oxygens (including phenoxy) is 1. The Hall–Kier alpha value is -1.35. The summed E-state index contributed by atoms with van der Waals surface area (Å²) in [6.07, 6.45) is 7.02. The standard InChI is InChI=1S/C12H16N2O/c1-3-10-9-14(6-7-15-2)12-4-5-13-8-11(10)12/h4-5,8-9H,3,6-7H2,1-2H3. The van der Waals surface area contributed by atoms with Gasteiger partial charge in [0.25, 0.3) is 0 Å². The van der Waals surface area contributed by atoms with Crippen molar-refractivity contribution in [1.29, 1.82) is 0 Å². The lowest BCUT2D eigenvalue weighted by Crippen LogP contribution is -2.02. The molecule has 0 radical (unpaired) electrons. The van der Waals surface area contributed by atoms with Crippen molar-refractivity contribution in [1.82, 2.24) is 9.55 Å². The fourth-order valence-corrected chi connectivity index (χ4v) is 1.87. The van der Waals surface area contributed by atoms with E-state index in [9.17, 15) is 0 Å². The number of hydrogen-bond acceptors (Lipinski definition) is 2. The predicted molar refractivity (Wildman–Crippen MR) is 61.0 cm³/mol. The minimum atomic E-state index is 0.745. The maximum Gasteiger partial charge on any atom is 0.0641 e. The largest absolute Gasteiger partial charge is 0.383 e. The van der Waals surface area contributed by atoms with Crippen LogP contribution in [-0.4, -0.2) is 23.3 Å². The number of aryl methyl sites for hydroxylation is 1. The Bertz CT molecular complexity index is 448. The molecule has 2 heterocycles. The third-order valence-corrected chi connectivity index (χ3v) is 2.68. The summed E-state index contributed by atoms with van der Waals surface area (Å²) in [6, 6.07) is 2.06. The van der Waals surface area contributed by atoms with E-state index in [4.69, 9.17) is 4.74 Å². The molecule has 0 N–H and O–H groups in total. The van der Waals surface area contributed by atoms with Gasteiger partial charge in [0.05, 0.1) is 12.1 Å². The number of rotatable bonds is 4. The monoisotopic (exact) mass is 204 g/mol. The van der Waals surface area contributed by atoms with Gasteiger partial charge in [-0.05, 0) is 18.1 Å². The summed E-state index contributed by atoms with van der Waals surface area (Å²) >= 11 is 0. The molecule has 3 heteroatoms. The first-order chi connectivity index (χ1) is 7.36. The highest BCUT2D eigenvalue weighted by Crippen LogP contribution is 2.20. The quantitative estimate of drug-likeness (QED) is 0.763. The SMILES string of the molecule is CCc1cn(CCOC)c2ccncc12. The molecule has 0 fully saturated rings. The summed E-state index contributed by atoms with van der Waals surface area (Å²) < 4.78 is 7.34. The van der Waals surface area contributed by atoms with Crippen LogP contribution in [0.4, 0.5) is 0 Å². The fourth-order valence-electron chi connectivity index (χ4n) is 1.87. The van der Waals surface area contributed by atoms with Gasteiger partial charge < -0.3 is 9.30 Å². The molecule has 2 aromatic heterocycles. The molecule has 0 aliphatic rings. The molecule has 2 rings (SSSR count). The predicted octanol–water partition coefficient (Wildman–Crippen LogP) is 2.25. The molecule has 0 aliphatic heterocycles. The van der Waals surface area contributed by atoms with Gasteiger partial charge in [0.1, 0.15) is 0 Å². The van der Waals surface area contributed by atoms with E-state index in [1.165, 1.54) is 16.5 Å². The highest BCUT2D eigenvalue weighted by atomic mass is 16.5. The van der Waals surface area contributed by atoms with Crippen LogP contribution in [0, 0.1) is 0 Å². The van der Waals surface area contributed by atoms with Crippen LogP contribution in [0.15, 0.2) is 24.7 Å². The van der Waals surface area contributed by atoms with Crippen LogP contribution < -0.4 is 0 Å². The summed E-state index contributed by atoms with van der Waals surface area (Å²) in [6.45, 7) is 3.81. The number of aromatic nitrogens is 2. The first kappa shape index (κ1) is 10.2. The molecule has 15 heavy (non-hydrogen) atoms. The third kappa shape index (κ3) is 1.88. The lowest BCUT2D eigenvalue weighted by molar-refractivity contribution is 0.188. The van der Waals surface area contributed by atoms with E-state index >= 15 is 0 Å². The van der Waals surface area contributed by atoms with Gasteiger partial charge >= 0.3 is 0 Å². The lowest BCUT2D eigenvalue weighted by atomic mass is 10.2. The van der Waals surface area contributed by atoms with Crippen LogP contribution in [0.2, 0.25) is 0 Å². The molecule has 3 nitrogen and oxygen atoms in total. The topological polar surface area (TPSA) is 27.1 Å². The van der Waals surface area contributed by atoms with Crippen LogP contribution in [0.1, 0.15) is 12.5 Å². The van der Waals surface area contributed by atoms with Crippen LogP contribution in [0.25, 0.3) is 10.9 Å². The normalized spacial score (nSPS) is 11.1. The molecule has 0 atom stereocenters. The summed E-state index contributed by atoms with van der Waals surface area (Å²) in [7, 11) is 1.73. The van der Waals surface area contributed by atoms with Crippen molar-refractivity contribution in [2.75, 3.05) is 13.7 Å². The number of hydrogen-bond donors (Lipinski definition) is 0. The summed E-state index contributed by atoms with van der Waals surface area (Å²) in [5, 5.41) is 1.26. The van der Waals surface area contributed by atoms with Gasteiger partial charge in [0.2, 0.25) is 0 Å². The molecule has 0 unspecified atom stereocenters. The van der Waals surface area contributed by atoms with Crippen molar-refractivity contribution in [2.45, 2.75) is 19.9 Å². The molecule has 0 bridgehead atoms. The van der Waals surface area contributed by atoms with Gasteiger partial charge in [-0.3, -0.25) is 4.98 Å². The maximum atomic E-state index is 5.10. The highest BCUT2D eigenvalue weighted by Gasteiger charge is 2.05. The Morgan fingerprint density at radius 2 is 2.33 bits per heavy atom. The number of fused-ring (bicyclic) bond motifs is 1. The van der Waals surface area contributed by atoms with Crippen molar-refractivity contribution >= 4 is 10.9 Å². The van der Waals surface area contributed by atoms with Crippen molar-refractivity contribution < 1.29 is 4.74 Å². The van der Waals surface area contributed by atoms with Gasteiger partial charge in [0, 0.05) is 37.6 Å². The van der Waals surface area contributed by atoms with Gasteiger partial charge in [-0.15, -0.1) is 0 Å². The Labute approximate surface area is 89.7 Å². The second-order valence-electron chi connectivity index (χ2n) is 3.59. The Morgan fingerprint density at radius 3 is 3.07 bits per heavy atom. The lowest BCUT2D eigenvalue weighted by Gasteiger charge is -2.03. The van der Waals surface area contributed by atoms with Crippen LogP contribution >= 0.6 is 0 Å². The van der Waals surface area contributed by atoms with E-state index in [-0.39, 0.29) is 0 Å². The van der Waals surface area contributed by atoms with Crippen LogP contribution in [0.5, 0.6) is 0 Å². The molecule has 0 aromatic carbocycles. The highest BCUT2D eigenvalue weighted by molar-refractivity contribution is 5.82. The minimum absolute atomic E-state index is 0.745. The van der Waals surface area contributed by atoms with Crippen LogP contribution in [0.3, 0.4) is 0 Å². The number of nitrogens with zero attached hydrogens (tertiary/aromatic N) is 2. The minimum Gasteiger partial charge on any atom is -0.383 e. The molecule has 0 saturated carbocycles. The average molecular weight is 204 g/mol. The van der Waals surface area contributed by atoms with E-state index in [0.717, 1.165) is 19.6 Å². The molecule has 0 saturated heterocycles. The Morgan fingerprint density at radius 1 is 1.47 bits per heavy atom. The van der Waals surface area contributed by atoms with Crippen LogP contribution in [-0.2, 0) is 17.7 Å². The molecular weight excluding hydrogens is 188 g/mol. The second-order valence-corrected chi connectivity index (χ2v) is 3.59. The first-order valence-electron chi connectivity index (χ1n) is 5.27. The van der Waals surface area contributed by atoms with E-state index < -0.39 is 0 Å². The third-order valence-electron chi connectivity index (χ3n) is 2.68. The van der Waals surface area contributed by atoms with Crippen molar-refractivity contribution in [3.8, 4) is 0 Å². The smallest absolute Gasteiger partial charge is 0.0641 e. The maximum absolute atomic E-state index is 5.10. The molecule has 2 aromatic rings. The van der Waals surface area contributed by atoms with Gasteiger partial charge in [-0.2, -0.15) is 0 Å². The zero-order chi connectivity index (χ0) is 10.7. The van der Waals surface area contributed by atoms with E-state index in [1.54, 1.807) is 7.11 Å². The van der Waals surface area contributed by atoms with E-state index in [0.29, 0.717) is 0 Å². The molecule has 0 amide bonds. The van der Waals surface area contributed by atoms with Gasteiger partial charge in [-0.1, -0.05) is 6.92 Å². The fraction of sp³-hybridized carbons (Fsp3) is 0.417. The second kappa shape index (κ2) is 4.45. The van der Waals surface area contributed by atoms with E-state index in [1.807, 2.05) is 12.4 Å². The summed E-state index contributed by atoms with van der Waals surface area (Å²) in [5.41, 5.74) is 2.60. The number of pyridine rings is 1. The molecule has 80 valence electrons. The summed E-state index contributed by atoms with van der Waals surface area (Å²) in [4.78, 5) is 4.17. The average Bonchev–Trinajstić information content (AvgIpc) is 2.65. The van der Waals surface area contributed by atoms with Crippen molar-refractivity contribution in [3.05, 3.63) is 30.2 Å². The zero-order valence-electron chi connectivity index (χ0n) is 9.23. The number of methoxy groups -OCH3 is 1. The molecule has 0 aliphatic carbocycles. The van der Waals surface area contributed by atoms with Crippen molar-refractivity contribution in [3.63, 3.8) is 0 Å². The Kier molecular flexibility index (Phi) is 3.02. The molecular formula is C12H16N2O. The molecule has 0 spiro atoms. The van der Waals surface area contributed by atoms with Crippen molar-refractivity contribution in [2.24, 2.45) is 0 Å². The van der Waals surface area contributed by atoms with Gasteiger partial charge in [0.15, 0.2) is 0 Å². The zero-order valence-corrected chi connectivity index (χ0v) is 9.23. The first-order valence-corrected chi connectivity index (χ1v) is 5.27. The summed E-state index contributed by atoms with van der Waals surface area (Å²) in [5.74, 6) is 0. The van der Waals surface area contributed by atoms with Gasteiger partial charge in [-0.25, -0.2) is 0 Å². The Balaban J connectivity index is 2.45. The van der Waals surface area contributed by atoms with E-state index in [2.05, 4.69) is 28.7 Å².